The molecule has 2 rings (SSSR count). The molecule has 0 bridgehead atoms. The zero-order valence-corrected chi connectivity index (χ0v) is 8.98. The molecule has 1 aromatic rings. The summed E-state index contributed by atoms with van der Waals surface area (Å²) >= 11 is 1.35. The Balaban J connectivity index is 2.28. The summed E-state index contributed by atoms with van der Waals surface area (Å²) in [5.74, 6) is -0.734. The molecule has 88 valence electrons. The molecule has 16 heavy (non-hydrogen) atoms. The standard InChI is InChI=1S/C8H10FN3O3S/c9-4-1-12(8(14)11-7(4)10)5-3-16-6(2-13)15-5/h1,5-6,13H,2-3H2,(H2,10,11,14)/t5-,6-/m0/s1. The van der Waals surface area contributed by atoms with Gasteiger partial charge in [-0.25, -0.2) is 9.18 Å². The minimum atomic E-state index is -0.763. The average molecular weight is 247 g/mol. The molecule has 0 saturated carbocycles. The van der Waals surface area contributed by atoms with Crippen molar-refractivity contribution in [3.63, 3.8) is 0 Å². The van der Waals surface area contributed by atoms with E-state index in [4.69, 9.17) is 15.6 Å². The highest BCUT2D eigenvalue weighted by molar-refractivity contribution is 8.00. The lowest BCUT2D eigenvalue weighted by Crippen LogP contribution is -2.29. The first-order chi connectivity index (χ1) is 7.61. The van der Waals surface area contributed by atoms with Crippen LogP contribution in [0.3, 0.4) is 0 Å². The zero-order chi connectivity index (χ0) is 11.7. The van der Waals surface area contributed by atoms with Gasteiger partial charge in [0.15, 0.2) is 11.6 Å². The van der Waals surface area contributed by atoms with Crippen LogP contribution in [-0.2, 0) is 4.74 Å². The van der Waals surface area contributed by atoms with Crippen LogP contribution in [-0.4, -0.2) is 32.5 Å². The zero-order valence-electron chi connectivity index (χ0n) is 8.17. The number of nitrogens with two attached hydrogens (primary N) is 1. The molecule has 2 heterocycles. The van der Waals surface area contributed by atoms with E-state index in [-0.39, 0.29) is 6.61 Å². The van der Waals surface area contributed by atoms with Gasteiger partial charge in [0.25, 0.3) is 0 Å². The lowest BCUT2D eigenvalue weighted by molar-refractivity contribution is -0.00677. The fourth-order valence-corrected chi connectivity index (χ4v) is 2.28. The minimum Gasteiger partial charge on any atom is -0.393 e. The van der Waals surface area contributed by atoms with Crippen molar-refractivity contribution in [2.75, 3.05) is 18.1 Å². The number of thioether (sulfide) groups is 1. The van der Waals surface area contributed by atoms with Crippen LogP contribution >= 0.6 is 11.8 Å². The molecule has 1 aliphatic rings. The fourth-order valence-electron chi connectivity index (χ4n) is 1.35. The highest BCUT2D eigenvalue weighted by atomic mass is 32.2. The number of hydrogen-bond acceptors (Lipinski definition) is 6. The normalized spacial score (nSPS) is 24.9. The Kier molecular flexibility index (Phi) is 3.13. The van der Waals surface area contributed by atoms with Crippen molar-refractivity contribution in [3.05, 3.63) is 22.5 Å². The van der Waals surface area contributed by atoms with Crippen LogP contribution < -0.4 is 11.4 Å². The second-order valence-corrected chi connectivity index (χ2v) is 4.39. The van der Waals surface area contributed by atoms with Gasteiger partial charge in [0.05, 0.1) is 12.8 Å². The Labute approximate surface area is 94.2 Å². The number of aromatic nitrogens is 2. The first kappa shape index (κ1) is 11.4. The molecule has 0 aromatic carbocycles. The largest absolute Gasteiger partial charge is 0.393 e. The van der Waals surface area contributed by atoms with E-state index < -0.39 is 29.0 Å². The molecule has 0 amide bonds. The molecule has 2 atom stereocenters. The lowest BCUT2D eigenvalue weighted by Gasteiger charge is -2.13. The van der Waals surface area contributed by atoms with Gasteiger partial charge < -0.3 is 15.6 Å². The van der Waals surface area contributed by atoms with Crippen molar-refractivity contribution in [1.29, 1.82) is 0 Å². The second-order valence-electron chi connectivity index (χ2n) is 3.20. The molecule has 0 unspecified atom stereocenters. The van der Waals surface area contributed by atoms with Gasteiger partial charge in [-0.1, -0.05) is 0 Å². The third-order valence-corrected chi connectivity index (χ3v) is 3.24. The van der Waals surface area contributed by atoms with E-state index >= 15 is 0 Å². The Morgan fingerprint density at radius 3 is 3.19 bits per heavy atom. The summed E-state index contributed by atoms with van der Waals surface area (Å²) in [4.78, 5) is 14.8. The molecule has 8 heteroatoms. The van der Waals surface area contributed by atoms with Crippen LogP contribution in [0, 0.1) is 5.82 Å². The summed E-state index contributed by atoms with van der Waals surface area (Å²) in [5, 5.41) is 8.86. The molecular formula is C8H10FN3O3S. The molecule has 0 spiro atoms. The third kappa shape index (κ3) is 2.04. The Hall–Kier alpha value is -1.12. The smallest absolute Gasteiger partial charge is 0.351 e. The van der Waals surface area contributed by atoms with Crippen LogP contribution in [0.4, 0.5) is 10.2 Å². The maximum absolute atomic E-state index is 13.1. The van der Waals surface area contributed by atoms with Crippen LogP contribution in [0.2, 0.25) is 0 Å². The topological polar surface area (TPSA) is 90.4 Å². The van der Waals surface area contributed by atoms with Crippen LogP contribution in [0.25, 0.3) is 0 Å². The van der Waals surface area contributed by atoms with Gasteiger partial charge in [-0.05, 0) is 0 Å². The summed E-state index contributed by atoms with van der Waals surface area (Å²) < 4.78 is 19.5. The lowest BCUT2D eigenvalue weighted by atomic mass is 10.5. The molecular weight excluding hydrogens is 237 g/mol. The predicted molar refractivity (Wildman–Crippen MR) is 56.3 cm³/mol. The first-order valence-electron chi connectivity index (χ1n) is 4.54. The van der Waals surface area contributed by atoms with Gasteiger partial charge in [0, 0.05) is 5.75 Å². The minimum absolute atomic E-state index is 0.152. The molecule has 1 fully saturated rings. The van der Waals surface area contributed by atoms with E-state index in [9.17, 15) is 9.18 Å². The van der Waals surface area contributed by atoms with Crippen molar-refractivity contribution >= 4 is 17.6 Å². The van der Waals surface area contributed by atoms with E-state index in [2.05, 4.69) is 4.98 Å². The number of aliphatic hydroxyl groups excluding tert-OH is 1. The average Bonchev–Trinajstić information content (AvgIpc) is 2.71. The van der Waals surface area contributed by atoms with Crippen molar-refractivity contribution in [2.45, 2.75) is 11.7 Å². The quantitative estimate of drug-likeness (QED) is 0.735. The molecule has 1 saturated heterocycles. The molecule has 3 N–H and O–H groups in total. The van der Waals surface area contributed by atoms with Gasteiger partial charge in [-0.3, -0.25) is 4.57 Å². The number of anilines is 1. The number of nitrogen functional groups attached to an aromatic ring is 1. The Morgan fingerprint density at radius 2 is 2.56 bits per heavy atom. The Bertz CT molecular complexity index is 453. The van der Waals surface area contributed by atoms with Crippen molar-refractivity contribution in [3.8, 4) is 0 Å². The number of nitrogens with zero attached hydrogens (tertiary/aromatic N) is 2. The molecule has 0 radical (unpaired) electrons. The second kappa shape index (κ2) is 4.40. The SMILES string of the molecule is Nc1nc(=O)n([C@@H]2CS[C@@H](CO)O2)cc1F. The molecule has 6 nitrogen and oxygen atoms in total. The van der Waals surface area contributed by atoms with E-state index in [1.165, 1.54) is 11.8 Å². The van der Waals surface area contributed by atoms with Crippen molar-refractivity contribution in [2.24, 2.45) is 0 Å². The van der Waals surface area contributed by atoms with Gasteiger partial charge in [0.1, 0.15) is 11.7 Å². The number of halogens is 1. The highest BCUT2D eigenvalue weighted by Crippen LogP contribution is 2.30. The predicted octanol–water partition coefficient (Wildman–Crippen LogP) is -0.455. The van der Waals surface area contributed by atoms with Gasteiger partial charge in [-0.2, -0.15) is 4.98 Å². The van der Waals surface area contributed by atoms with Crippen LogP contribution in [0.1, 0.15) is 6.23 Å². The van der Waals surface area contributed by atoms with Gasteiger partial charge >= 0.3 is 5.69 Å². The van der Waals surface area contributed by atoms with Crippen molar-refractivity contribution < 1.29 is 14.2 Å². The van der Waals surface area contributed by atoms with Gasteiger partial charge in [-0.15, -0.1) is 11.8 Å². The highest BCUT2D eigenvalue weighted by Gasteiger charge is 2.27. The fraction of sp³-hybridized carbons (Fsp3) is 0.500. The van der Waals surface area contributed by atoms with Crippen LogP contribution in [0.15, 0.2) is 11.0 Å². The summed E-state index contributed by atoms with van der Waals surface area (Å²) in [6.45, 7) is -0.152. The van der Waals surface area contributed by atoms with E-state index in [0.717, 1.165) is 10.8 Å². The van der Waals surface area contributed by atoms with E-state index in [1.54, 1.807) is 0 Å². The van der Waals surface area contributed by atoms with Gasteiger partial charge in [0.2, 0.25) is 0 Å². The number of ether oxygens (including phenoxy) is 1. The maximum atomic E-state index is 13.1. The number of hydrogen-bond donors (Lipinski definition) is 2. The Morgan fingerprint density at radius 1 is 1.81 bits per heavy atom. The summed E-state index contributed by atoms with van der Waals surface area (Å²) in [6.07, 6.45) is 0.354. The maximum Gasteiger partial charge on any atom is 0.351 e. The monoisotopic (exact) mass is 247 g/mol. The third-order valence-electron chi connectivity index (χ3n) is 2.13. The summed E-state index contributed by atoms with van der Waals surface area (Å²) in [5.41, 5.74) is 4.10. The summed E-state index contributed by atoms with van der Waals surface area (Å²) in [6, 6.07) is 0. The number of rotatable bonds is 2. The summed E-state index contributed by atoms with van der Waals surface area (Å²) in [7, 11) is 0. The molecule has 0 aliphatic carbocycles. The van der Waals surface area contributed by atoms with E-state index in [0.29, 0.717) is 5.75 Å². The van der Waals surface area contributed by atoms with E-state index in [1.807, 2.05) is 0 Å². The first-order valence-corrected chi connectivity index (χ1v) is 5.58. The van der Waals surface area contributed by atoms with Crippen LogP contribution in [0.5, 0.6) is 0 Å². The van der Waals surface area contributed by atoms with Crippen molar-refractivity contribution in [1.82, 2.24) is 9.55 Å². The number of aliphatic hydroxyl groups is 1. The molecule has 1 aromatic heterocycles. The molecule has 1 aliphatic heterocycles.